The highest BCUT2D eigenvalue weighted by atomic mass is 16.9. The van der Waals surface area contributed by atoms with Gasteiger partial charge in [-0.15, -0.1) is 0 Å². The normalized spacial score (nSPS) is 50.7. The van der Waals surface area contributed by atoms with Crippen LogP contribution in [0.4, 0.5) is 0 Å². The molecule has 1 saturated carbocycles. The first-order valence-electron chi connectivity index (χ1n) is 9.14. The molecule has 0 spiro atoms. The lowest BCUT2D eigenvalue weighted by molar-refractivity contribution is -0.421. The summed E-state index contributed by atoms with van der Waals surface area (Å²) in [5.74, 6) is -0.203. The third kappa shape index (κ3) is 1.35. The van der Waals surface area contributed by atoms with Crippen molar-refractivity contribution in [3.8, 4) is 0 Å². The van der Waals surface area contributed by atoms with Crippen LogP contribution in [0, 0.1) is 23.7 Å². The number of hydrogen-bond acceptors (Lipinski definition) is 4. The predicted molar refractivity (Wildman–Crippen MR) is 86.7 cm³/mol. The summed E-state index contributed by atoms with van der Waals surface area (Å²) in [6, 6.07) is 20.7. The molecular formula is C21H18O4. The first-order valence-corrected chi connectivity index (χ1v) is 9.14. The molecule has 25 heavy (non-hydrogen) atoms. The van der Waals surface area contributed by atoms with Crippen molar-refractivity contribution in [3.05, 3.63) is 71.8 Å². The summed E-state index contributed by atoms with van der Waals surface area (Å²) >= 11 is 0. The van der Waals surface area contributed by atoms with Crippen molar-refractivity contribution < 1.29 is 18.9 Å². The molecule has 4 heterocycles. The van der Waals surface area contributed by atoms with Crippen molar-refractivity contribution >= 4 is 0 Å². The minimum absolute atomic E-state index is 0.217. The number of benzene rings is 2. The molecule has 0 N–H and O–H groups in total. The molecule has 4 nitrogen and oxygen atoms in total. The monoisotopic (exact) mass is 334 g/mol. The van der Waals surface area contributed by atoms with E-state index in [4.69, 9.17) is 18.9 Å². The Morgan fingerprint density at radius 2 is 1.16 bits per heavy atom. The zero-order valence-electron chi connectivity index (χ0n) is 13.6. The van der Waals surface area contributed by atoms with Gasteiger partial charge in [-0.2, -0.15) is 0 Å². The molecule has 0 radical (unpaired) electrons. The minimum atomic E-state index is -0.767. The molecule has 4 heteroatoms. The van der Waals surface area contributed by atoms with Gasteiger partial charge in [-0.25, -0.2) is 0 Å². The van der Waals surface area contributed by atoms with Gasteiger partial charge in [0, 0.05) is 34.8 Å². The van der Waals surface area contributed by atoms with E-state index in [1.54, 1.807) is 0 Å². The fraction of sp³-hybridized carbons (Fsp3) is 0.429. The molecular weight excluding hydrogens is 316 g/mol. The first kappa shape index (κ1) is 13.5. The number of ether oxygens (including phenoxy) is 4. The second-order valence-corrected chi connectivity index (χ2v) is 7.89. The number of rotatable bonds is 2. The SMILES string of the molecule is c1ccc([C@]23O[C@@H]4O[C@H]5O[C@](c6ccccc6)(O2)[C@H]2[C@@H]5C[C@@H]4[C@H]23)cc1. The van der Waals surface area contributed by atoms with Crippen LogP contribution in [0.15, 0.2) is 60.7 Å². The standard InChI is InChI=1S/C21H18O4/c1-3-7-12(8-4-1)20-16-14-11-15-17(16)21(25-20,13-9-5-2-6-10-13)24-19(15)22-18(14)23-20/h1-10,14-19H,11H2/t14-,15+,16-,17+,18-,19-,20+,21-/m0/s1. The fourth-order valence-electron chi connectivity index (χ4n) is 6.19. The van der Waals surface area contributed by atoms with E-state index in [9.17, 15) is 0 Å². The molecule has 1 aliphatic carbocycles. The molecule has 4 saturated heterocycles. The molecule has 2 bridgehead atoms. The lowest BCUT2D eigenvalue weighted by atomic mass is 9.78. The molecule has 0 aromatic heterocycles. The van der Waals surface area contributed by atoms with Crippen LogP contribution in [0.2, 0.25) is 0 Å². The van der Waals surface area contributed by atoms with Gasteiger partial charge >= 0.3 is 0 Å². The summed E-state index contributed by atoms with van der Waals surface area (Å²) in [6.45, 7) is 0. The van der Waals surface area contributed by atoms with Crippen molar-refractivity contribution in [1.82, 2.24) is 0 Å². The van der Waals surface area contributed by atoms with E-state index in [0.717, 1.165) is 17.5 Å². The van der Waals surface area contributed by atoms with Gasteiger partial charge in [-0.05, 0) is 6.42 Å². The summed E-state index contributed by atoms with van der Waals surface area (Å²) in [5.41, 5.74) is 2.15. The maximum absolute atomic E-state index is 6.83. The average Bonchev–Trinajstić information content (AvgIpc) is 3.33. The second kappa shape index (κ2) is 4.15. The van der Waals surface area contributed by atoms with Crippen LogP contribution in [0.25, 0.3) is 0 Å². The highest BCUT2D eigenvalue weighted by Gasteiger charge is 2.83. The zero-order valence-corrected chi connectivity index (χ0v) is 13.6. The highest BCUT2D eigenvalue weighted by molar-refractivity contribution is 5.34. The molecule has 5 aliphatic rings. The summed E-state index contributed by atoms with van der Waals surface area (Å²) in [5, 5.41) is 0. The van der Waals surface area contributed by atoms with E-state index >= 15 is 0 Å². The summed E-state index contributed by atoms with van der Waals surface area (Å²) in [4.78, 5) is 0. The lowest BCUT2D eigenvalue weighted by Crippen LogP contribution is -2.43. The van der Waals surface area contributed by atoms with Crippen LogP contribution in [-0.4, -0.2) is 12.6 Å². The molecule has 0 amide bonds. The van der Waals surface area contributed by atoms with E-state index in [0.29, 0.717) is 11.8 Å². The van der Waals surface area contributed by atoms with E-state index in [-0.39, 0.29) is 24.4 Å². The third-order valence-electron chi connectivity index (χ3n) is 6.94. The molecule has 8 atom stereocenters. The van der Waals surface area contributed by atoms with Crippen molar-refractivity contribution in [3.63, 3.8) is 0 Å². The average molecular weight is 334 g/mol. The summed E-state index contributed by atoms with van der Waals surface area (Å²) in [7, 11) is 0. The van der Waals surface area contributed by atoms with Gasteiger partial charge < -0.3 is 18.9 Å². The Labute approximate surface area is 145 Å². The number of hydrogen-bond donors (Lipinski definition) is 0. The summed E-state index contributed by atoms with van der Waals surface area (Å²) in [6.07, 6.45) is 0.674. The Kier molecular flexibility index (Phi) is 2.24. The van der Waals surface area contributed by atoms with Gasteiger partial charge in [0.05, 0.1) is 0 Å². The Hall–Kier alpha value is -1.72. The molecule has 4 aliphatic heterocycles. The van der Waals surface area contributed by atoms with Crippen LogP contribution in [0.5, 0.6) is 0 Å². The van der Waals surface area contributed by atoms with Crippen LogP contribution >= 0.6 is 0 Å². The van der Waals surface area contributed by atoms with Gasteiger partial charge in [0.2, 0.25) is 11.6 Å². The predicted octanol–water partition coefficient (Wildman–Crippen LogP) is 3.33. The first-order chi connectivity index (χ1) is 12.3. The maximum atomic E-state index is 6.83. The van der Waals surface area contributed by atoms with Crippen LogP contribution in [0.3, 0.4) is 0 Å². The molecule has 2 aromatic rings. The van der Waals surface area contributed by atoms with Crippen molar-refractivity contribution in [2.75, 3.05) is 0 Å². The van der Waals surface area contributed by atoms with Crippen LogP contribution < -0.4 is 0 Å². The van der Waals surface area contributed by atoms with Crippen molar-refractivity contribution in [2.45, 2.75) is 30.6 Å². The van der Waals surface area contributed by atoms with Crippen LogP contribution in [-0.2, 0) is 30.5 Å². The Morgan fingerprint density at radius 3 is 1.64 bits per heavy atom. The fourth-order valence-corrected chi connectivity index (χ4v) is 6.19. The summed E-state index contributed by atoms with van der Waals surface area (Å²) < 4.78 is 26.1. The third-order valence-corrected chi connectivity index (χ3v) is 6.94. The highest BCUT2D eigenvalue weighted by Crippen LogP contribution is 2.76. The van der Waals surface area contributed by atoms with Gasteiger partial charge in [-0.1, -0.05) is 60.7 Å². The molecule has 126 valence electrons. The molecule has 7 rings (SSSR count). The van der Waals surface area contributed by atoms with E-state index < -0.39 is 11.6 Å². The topological polar surface area (TPSA) is 36.9 Å². The minimum Gasteiger partial charge on any atom is -0.323 e. The van der Waals surface area contributed by atoms with Crippen molar-refractivity contribution in [2.24, 2.45) is 23.7 Å². The zero-order chi connectivity index (χ0) is 16.2. The molecule has 5 fully saturated rings. The van der Waals surface area contributed by atoms with E-state index in [1.165, 1.54) is 0 Å². The van der Waals surface area contributed by atoms with Gasteiger partial charge in [-0.3, -0.25) is 0 Å². The Bertz CT molecular complexity index is 785. The molecule has 2 aromatic carbocycles. The quantitative estimate of drug-likeness (QED) is 0.844. The van der Waals surface area contributed by atoms with Gasteiger partial charge in [0.1, 0.15) is 0 Å². The molecule has 0 unspecified atom stereocenters. The second-order valence-electron chi connectivity index (χ2n) is 7.89. The Morgan fingerprint density at radius 1 is 0.680 bits per heavy atom. The van der Waals surface area contributed by atoms with Crippen LogP contribution in [0.1, 0.15) is 17.5 Å². The van der Waals surface area contributed by atoms with Gasteiger partial charge in [0.15, 0.2) is 12.6 Å². The smallest absolute Gasteiger partial charge is 0.204 e. The van der Waals surface area contributed by atoms with Gasteiger partial charge in [0.25, 0.3) is 0 Å². The van der Waals surface area contributed by atoms with E-state index in [2.05, 4.69) is 24.3 Å². The lowest BCUT2D eigenvalue weighted by Gasteiger charge is -2.39. The van der Waals surface area contributed by atoms with Crippen molar-refractivity contribution in [1.29, 1.82) is 0 Å². The largest absolute Gasteiger partial charge is 0.323 e. The Balaban J connectivity index is 1.49. The maximum Gasteiger partial charge on any atom is 0.204 e. The van der Waals surface area contributed by atoms with E-state index in [1.807, 2.05) is 36.4 Å².